The van der Waals surface area contributed by atoms with Crippen LogP contribution < -0.4 is 0 Å². The topological polar surface area (TPSA) is 0 Å². The summed E-state index contributed by atoms with van der Waals surface area (Å²) in [5.41, 5.74) is 4.91. The molecule has 1 rings (SSSR count). The highest BCUT2D eigenvalue weighted by molar-refractivity contribution is 5.73. The summed E-state index contributed by atoms with van der Waals surface area (Å²) in [7, 11) is 0. The van der Waals surface area contributed by atoms with Crippen LogP contribution in [0.25, 0.3) is 5.57 Å². The fourth-order valence-electron chi connectivity index (χ4n) is 2.30. The smallest absolute Gasteiger partial charge is 0.0190 e. The first-order chi connectivity index (χ1) is 10.5. The van der Waals surface area contributed by atoms with Crippen LogP contribution in [0.4, 0.5) is 0 Å². The molecule has 0 saturated carbocycles. The van der Waals surface area contributed by atoms with Crippen LogP contribution in [0.15, 0.2) is 72.4 Å². The molecule has 0 aromatic heterocycles. The lowest BCUT2D eigenvalue weighted by molar-refractivity contribution is 0.555. The van der Waals surface area contributed by atoms with E-state index in [9.17, 15) is 0 Å². The maximum absolute atomic E-state index is 4.14. The Labute approximate surface area is 137 Å². The van der Waals surface area contributed by atoms with Crippen LogP contribution in [-0.4, -0.2) is 0 Å². The van der Waals surface area contributed by atoms with Gasteiger partial charge in [0.15, 0.2) is 0 Å². The first-order valence-corrected chi connectivity index (χ1v) is 8.25. The molecule has 0 unspecified atom stereocenters. The molecule has 0 radical (unpaired) electrons. The molecule has 0 bridgehead atoms. The minimum absolute atomic E-state index is 0.803. The molecule has 0 aliphatic carbocycles. The second kappa shape index (κ2) is 10.00. The van der Waals surface area contributed by atoms with Crippen molar-refractivity contribution in [3.8, 4) is 0 Å². The van der Waals surface area contributed by atoms with Gasteiger partial charge in [0, 0.05) is 0 Å². The van der Waals surface area contributed by atoms with E-state index in [0.29, 0.717) is 0 Å². The third-order valence-corrected chi connectivity index (χ3v) is 3.64. The van der Waals surface area contributed by atoms with Crippen LogP contribution in [0.1, 0.15) is 52.5 Å². The van der Waals surface area contributed by atoms with Crippen molar-refractivity contribution in [1.29, 1.82) is 0 Å². The summed E-state index contributed by atoms with van der Waals surface area (Å²) in [6.45, 7) is 13.0. The van der Waals surface area contributed by atoms with Crippen molar-refractivity contribution < 1.29 is 0 Å². The fourth-order valence-corrected chi connectivity index (χ4v) is 2.30. The highest BCUT2D eigenvalue weighted by Gasteiger charge is 1.95. The third kappa shape index (κ3) is 7.83. The van der Waals surface area contributed by atoms with Gasteiger partial charge in [0.25, 0.3) is 0 Å². The molecule has 118 valence electrons. The molecule has 0 fully saturated rings. The Hall–Kier alpha value is -1.82. The maximum atomic E-state index is 4.14. The molecule has 0 nitrogen and oxygen atoms in total. The average molecular weight is 294 g/mol. The first-order valence-electron chi connectivity index (χ1n) is 8.25. The zero-order chi connectivity index (χ0) is 16.4. The van der Waals surface area contributed by atoms with Crippen molar-refractivity contribution in [2.24, 2.45) is 5.92 Å². The van der Waals surface area contributed by atoms with Gasteiger partial charge in [0.2, 0.25) is 0 Å². The van der Waals surface area contributed by atoms with Crippen molar-refractivity contribution in [2.45, 2.75) is 47.0 Å². The predicted molar refractivity (Wildman–Crippen MR) is 101 cm³/mol. The van der Waals surface area contributed by atoms with Gasteiger partial charge in [-0.1, -0.05) is 92.6 Å². The van der Waals surface area contributed by atoms with Gasteiger partial charge in [-0.05, 0) is 43.7 Å². The molecular formula is C22H30. The quantitative estimate of drug-likeness (QED) is 0.454. The molecule has 0 heteroatoms. The van der Waals surface area contributed by atoms with Crippen LogP contribution >= 0.6 is 0 Å². The first kappa shape index (κ1) is 18.2. The van der Waals surface area contributed by atoms with Gasteiger partial charge in [-0.2, -0.15) is 0 Å². The number of hydrogen-bond donors (Lipinski definition) is 0. The second-order valence-corrected chi connectivity index (χ2v) is 6.44. The Kier molecular flexibility index (Phi) is 8.28. The molecule has 0 spiro atoms. The van der Waals surface area contributed by atoms with Crippen molar-refractivity contribution in [3.63, 3.8) is 0 Å². The van der Waals surface area contributed by atoms with Crippen molar-refractivity contribution in [3.05, 3.63) is 77.9 Å². The Morgan fingerprint density at radius 2 is 1.82 bits per heavy atom. The number of allylic oxidation sites excluding steroid dienone is 7. The zero-order valence-corrected chi connectivity index (χ0v) is 14.6. The highest BCUT2D eigenvalue weighted by Crippen LogP contribution is 2.16. The van der Waals surface area contributed by atoms with E-state index in [-0.39, 0.29) is 0 Å². The summed E-state index contributed by atoms with van der Waals surface area (Å²) >= 11 is 0. The minimum Gasteiger partial charge on any atom is -0.0912 e. The van der Waals surface area contributed by atoms with E-state index in [4.69, 9.17) is 0 Å². The van der Waals surface area contributed by atoms with Gasteiger partial charge in [-0.3, -0.25) is 0 Å². The Morgan fingerprint density at radius 1 is 1.14 bits per heavy atom. The molecule has 22 heavy (non-hydrogen) atoms. The van der Waals surface area contributed by atoms with Crippen molar-refractivity contribution in [2.75, 3.05) is 0 Å². The van der Waals surface area contributed by atoms with E-state index in [0.717, 1.165) is 11.5 Å². The molecule has 1 aromatic rings. The summed E-state index contributed by atoms with van der Waals surface area (Å²) in [6.07, 6.45) is 12.5. The summed E-state index contributed by atoms with van der Waals surface area (Å²) in [6, 6.07) is 10.3. The lowest BCUT2D eigenvalue weighted by atomic mass is 10.0. The third-order valence-electron chi connectivity index (χ3n) is 3.64. The summed E-state index contributed by atoms with van der Waals surface area (Å²) in [5, 5.41) is 0. The standard InChI is InChI=1S/C22H30/c1-18(2)11-9-12-19(3)13-10-14-20(4)17-21(5)22-15-7-6-8-16-22/h6-8,10,13-18H,5,9,11-12H2,1-4H3. The summed E-state index contributed by atoms with van der Waals surface area (Å²) < 4.78 is 0. The average Bonchev–Trinajstić information content (AvgIpc) is 2.47. The molecule has 0 atom stereocenters. The largest absolute Gasteiger partial charge is 0.0912 e. The molecule has 1 aromatic carbocycles. The van der Waals surface area contributed by atoms with Gasteiger partial charge in [0.1, 0.15) is 0 Å². The Morgan fingerprint density at radius 3 is 2.45 bits per heavy atom. The summed E-state index contributed by atoms with van der Waals surface area (Å²) in [5.74, 6) is 0.803. The van der Waals surface area contributed by atoms with Gasteiger partial charge in [0.05, 0.1) is 0 Å². The van der Waals surface area contributed by atoms with Crippen LogP contribution in [0, 0.1) is 5.92 Å². The zero-order valence-electron chi connectivity index (χ0n) is 14.6. The van der Waals surface area contributed by atoms with Crippen LogP contribution in [-0.2, 0) is 0 Å². The maximum Gasteiger partial charge on any atom is -0.0190 e. The van der Waals surface area contributed by atoms with Crippen molar-refractivity contribution in [1.82, 2.24) is 0 Å². The molecular weight excluding hydrogens is 264 g/mol. The number of rotatable bonds is 8. The van der Waals surface area contributed by atoms with E-state index < -0.39 is 0 Å². The lowest BCUT2D eigenvalue weighted by Crippen LogP contribution is -1.87. The van der Waals surface area contributed by atoms with E-state index in [1.165, 1.54) is 36.0 Å². The number of benzene rings is 1. The molecule has 0 amide bonds. The van der Waals surface area contributed by atoms with Crippen molar-refractivity contribution >= 4 is 5.57 Å². The molecule has 0 aliphatic rings. The van der Waals surface area contributed by atoms with Crippen LogP contribution in [0.3, 0.4) is 0 Å². The highest BCUT2D eigenvalue weighted by atomic mass is 14.0. The van der Waals surface area contributed by atoms with E-state index in [2.05, 4.69) is 70.7 Å². The molecule has 0 saturated heterocycles. The van der Waals surface area contributed by atoms with Gasteiger partial charge in [-0.25, -0.2) is 0 Å². The van der Waals surface area contributed by atoms with Crippen LogP contribution in [0.2, 0.25) is 0 Å². The monoisotopic (exact) mass is 294 g/mol. The molecule has 0 heterocycles. The molecule has 0 aliphatic heterocycles. The number of hydrogen-bond acceptors (Lipinski definition) is 0. The van der Waals surface area contributed by atoms with Crippen LogP contribution in [0.5, 0.6) is 0 Å². The normalized spacial score (nSPS) is 13.1. The SMILES string of the molecule is C=C(C=C(C)C=CC=C(C)CCCC(C)C)c1ccccc1. The predicted octanol–water partition coefficient (Wildman–Crippen LogP) is 6.97. The van der Waals surface area contributed by atoms with Gasteiger partial charge in [-0.15, -0.1) is 0 Å². The minimum atomic E-state index is 0.803. The van der Waals surface area contributed by atoms with E-state index >= 15 is 0 Å². The Balaban J connectivity index is 2.51. The second-order valence-electron chi connectivity index (χ2n) is 6.44. The van der Waals surface area contributed by atoms with E-state index in [1.807, 2.05) is 18.2 Å². The lowest BCUT2D eigenvalue weighted by Gasteiger charge is -2.03. The van der Waals surface area contributed by atoms with Gasteiger partial charge < -0.3 is 0 Å². The summed E-state index contributed by atoms with van der Waals surface area (Å²) in [4.78, 5) is 0. The molecule has 0 N–H and O–H groups in total. The van der Waals surface area contributed by atoms with E-state index in [1.54, 1.807) is 0 Å². The fraction of sp³-hybridized carbons (Fsp3) is 0.364. The van der Waals surface area contributed by atoms with Gasteiger partial charge >= 0.3 is 0 Å². The Bertz CT molecular complexity index is 539.